The molecule has 0 fully saturated rings. The van der Waals surface area contributed by atoms with E-state index < -0.39 is 32.2 Å². The van der Waals surface area contributed by atoms with Gasteiger partial charge in [0.25, 0.3) is 0 Å². The Morgan fingerprint density at radius 1 is 1.21 bits per heavy atom. The van der Waals surface area contributed by atoms with Gasteiger partial charge in [0.05, 0.1) is 13.2 Å². The summed E-state index contributed by atoms with van der Waals surface area (Å²) in [5.41, 5.74) is 0.0330. The zero-order chi connectivity index (χ0) is 21.2. The molecule has 0 saturated carbocycles. The minimum Gasteiger partial charge on any atom is -0.490 e. The Morgan fingerprint density at radius 2 is 1.90 bits per heavy atom. The summed E-state index contributed by atoms with van der Waals surface area (Å²) in [5, 5.41) is 5.04. The quantitative estimate of drug-likeness (QED) is 0.779. The highest BCUT2D eigenvalue weighted by Gasteiger charge is 2.31. The molecule has 9 nitrogen and oxygen atoms in total. The van der Waals surface area contributed by atoms with Crippen LogP contribution in [0.5, 0.6) is 11.5 Å². The van der Waals surface area contributed by atoms with Gasteiger partial charge < -0.3 is 19.3 Å². The summed E-state index contributed by atoms with van der Waals surface area (Å²) in [4.78, 5) is 16.7. The van der Waals surface area contributed by atoms with Crippen LogP contribution >= 0.6 is 0 Å². The molecule has 1 aliphatic rings. The smallest absolute Gasteiger partial charge is 0.242 e. The van der Waals surface area contributed by atoms with Crippen LogP contribution in [-0.4, -0.2) is 42.9 Å². The molecule has 1 aromatic heterocycles. The Morgan fingerprint density at radius 3 is 2.55 bits per heavy atom. The lowest BCUT2D eigenvalue weighted by atomic mass is 9.97. The van der Waals surface area contributed by atoms with Gasteiger partial charge in [-0.2, -0.15) is 4.98 Å². The standard InChI is InChI=1S/C19H25N3O6S/c1-12(29(24,25)11-16-21-18(28-22-16)19(2,3)4)17(23)20-13-6-7-14-15(10-13)27-9-5-8-26-14/h6-7,10,12H,5,8-9,11H2,1-4H3,(H,20,23)/t12-/m0/s1. The minimum atomic E-state index is -3.84. The number of sulfone groups is 1. The topological polar surface area (TPSA) is 121 Å². The Hall–Kier alpha value is -2.62. The Kier molecular flexibility index (Phi) is 5.83. The molecule has 3 rings (SSSR count). The number of carbonyl (C=O) groups excluding carboxylic acids is 1. The van der Waals surface area contributed by atoms with Crippen LogP contribution in [0.4, 0.5) is 5.69 Å². The highest BCUT2D eigenvalue weighted by Crippen LogP contribution is 2.32. The number of aromatic nitrogens is 2. The van der Waals surface area contributed by atoms with E-state index in [0.717, 1.165) is 6.42 Å². The van der Waals surface area contributed by atoms with Crippen molar-refractivity contribution in [3.8, 4) is 11.5 Å². The van der Waals surface area contributed by atoms with Crippen molar-refractivity contribution in [2.75, 3.05) is 18.5 Å². The third kappa shape index (κ3) is 5.06. The molecule has 2 heterocycles. The van der Waals surface area contributed by atoms with Crippen molar-refractivity contribution >= 4 is 21.4 Å². The number of amides is 1. The molecule has 1 N–H and O–H groups in total. The van der Waals surface area contributed by atoms with Gasteiger partial charge in [-0.15, -0.1) is 0 Å². The number of nitrogens with zero attached hydrogens (tertiary/aromatic N) is 2. The third-order valence-electron chi connectivity index (χ3n) is 4.36. The van der Waals surface area contributed by atoms with Gasteiger partial charge in [-0.3, -0.25) is 4.79 Å². The van der Waals surface area contributed by atoms with Gasteiger partial charge >= 0.3 is 0 Å². The minimum absolute atomic E-state index is 0.0326. The maximum absolute atomic E-state index is 12.6. The van der Waals surface area contributed by atoms with E-state index in [-0.39, 0.29) is 5.82 Å². The van der Waals surface area contributed by atoms with Crippen molar-refractivity contribution in [3.05, 3.63) is 29.9 Å². The summed E-state index contributed by atoms with van der Waals surface area (Å²) in [6, 6.07) is 4.94. The Labute approximate surface area is 169 Å². The van der Waals surface area contributed by atoms with Crippen LogP contribution < -0.4 is 14.8 Å². The molecule has 0 unspecified atom stereocenters. The lowest BCUT2D eigenvalue weighted by molar-refractivity contribution is -0.115. The average Bonchev–Trinajstić information content (AvgIpc) is 2.98. The van der Waals surface area contributed by atoms with Crippen LogP contribution in [0.1, 0.15) is 45.8 Å². The number of fused-ring (bicyclic) bond motifs is 1. The van der Waals surface area contributed by atoms with Crippen LogP contribution in [0.2, 0.25) is 0 Å². The molecule has 1 amide bonds. The highest BCUT2D eigenvalue weighted by molar-refractivity contribution is 7.92. The second kappa shape index (κ2) is 8.02. The maximum atomic E-state index is 12.6. The van der Waals surface area contributed by atoms with Crippen molar-refractivity contribution in [3.63, 3.8) is 0 Å². The van der Waals surface area contributed by atoms with E-state index in [1.54, 1.807) is 18.2 Å². The summed E-state index contributed by atoms with van der Waals surface area (Å²) in [6.07, 6.45) is 0.763. The number of ether oxygens (including phenoxy) is 2. The molecule has 0 saturated heterocycles. The lowest BCUT2D eigenvalue weighted by Gasteiger charge is -2.14. The first-order valence-corrected chi connectivity index (χ1v) is 11.0. The Balaban J connectivity index is 1.69. The molecular formula is C19H25N3O6S. The molecule has 1 atom stereocenters. The van der Waals surface area contributed by atoms with E-state index >= 15 is 0 Å². The molecule has 0 spiro atoms. The van der Waals surface area contributed by atoms with E-state index in [9.17, 15) is 13.2 Å². The number of carbonyl (C=O) groups is 1. The Bertz CT molecular complexity index is 994. The second-order valence-corrected chi connectivity index (χ2v) is 10.2. The summed E-state index contributed by atoms with van der Waals surface area (Å²) >= 11 is 0. The van der Waals surface area contributed by atoms with Gasteiger partial charge in [-0.1, -0.05) is 25.9 Å². The molecular weight excluding hydrogens is 398 g/mol. The number of benzene rings is 1. The zero-order valence-electron chi connectivity index (χ0n) is 16.9. The molecule has 29 heavy (non-hydrogen) atoms. The third-order valence-corrected chi connectivity index (χ3v) is 6.31. The predicted molar refractivity (Wildman–Crippen MR) is 106 cm³/mol. The van der Waals surface area contributed by atoms with Gasteiger partial charge in [0, 0.05) is 23.6 Å². The lowest BCUT2D eigenvalue weighted by Crippen LogP contribution is -2.33. The van der Waals surface area contributed by atoms with Crippen molar-refractivity contribution in [2.24, 2.45) is 0 Å². The van der Waals surface area contributed by atoms with Crippen molar-refractivity contribution < 1.29 is 27.2 Å². The van der Waals surface area contributed by atoms with E-state index in [1.807, 2.05) is 20.8 Å². The predicted octanol–water partition coefficient (Wildman–Crippen LogP) is 2.47. The summed E-state index contributed by atoms with van der Waals surface area (Å²) in [7, 11) is -3.84. The average molecular weight is 423 g/mol. The van der Waals surface area contributed by atoms with E-state index in [1.165, 1.54) is 6.92 Å². The highest BCUT2D eigenvalue weighted by atomic mass is 32.2. The van der Waals surface area contributed by atoms with Gasteiger partial charge in [-0.05, 0) is 19.1 Å². The first kappa shape index (κ1) is 21.1. The number of hydrogen-bond acceptors (Lipinski definition) is 8. The molecule has 0 bridgehead atoms. The van der Waals surface area contributed by atoms with Crippen LogP contribution in [0.25, 0.3) is 0 Å². The van der Waals surface area contributed by atoms with E-state index in [0.29, 0.717) is 36.3 Å². The van der Waals surface area contributed by atoms with Crippen LogP contribution in [0, 0.1) is 0 Å². The summed E-state index contributed by atoms with van der Waals surface area (Å²) in [6.45, 7) is 8.04. The monoisotopic (exact) mass is 423 g/mol. The number of hydrogen-bond donors (Lipinski definition) is 1. The number of anilines is 1. The number of nitrogens with one attached hydrogen (secondary N) is 1. The van der Waals surface area contributed by atoms with Crippen LogP contribution in [-0.2, 0) is 25.8 Å². The fourth-order valence-electron chi connectivity index (χ4n) is 2.57. The van der Waals surface area contributed by atoms with Crippen molar-refractivity contribution in [1.82, 2.24) is 10.1 Å². The molecule has 10 heteroatoms. The first-order valence-electron chi connectivity index (χ1n) is 9.31. The van der Waals surface area contributed by atoms with Crippen molar-refractivity contribution in [1.29, 1.82) is 0 Å². The van der Waals surface area contributed by atoms with Gasteiger partial charge in [0.15, 0.2) is 27.2 Å². The summed E-state index contributed by atoms with van der Waals surface area (Å²) in [5.74, 6) is 0.337. The van der Waals surface area contributed by atoms with Gasteiger partial charge in [0.1, 0.15) is 11.0 Å². The number of rotatable bonds is 5. The van der Waals surface area contributed by atoms with E-state index in [2.05, 4.69) is 15.5 Å². The first-order chi connectivity index (χ1) is 13.6. The van der Waals surface area contributed by atoms with E-state index in [4.69, 9.17) is 14.0 Å². The molecule has 1 aliphatic heterocycles. The molecule has 0 aliphatic carbocycles. The van der Waals surface area contributed by atoms with Crippen LogP contribution in [0.15, 0.2) is 22.7 Å². The SMILES string of the molecule is C[C@@H](C(=O)Nc1ccc2c(c1)OCCCO2)S(=O)(=O)Cc1noc(C(C)(C)C)n1. The largest absolute Gasteiger partial charge is 0.490 e. The molecule has 1 aromatic carbocycles. The normalized spacial score (nSPS) is 15.4. The summed E-state index contributed by atoms with van der Waals surface area (Å²) < 4.78 is 41.5. The zero-order valence-corrected chi connectivity index (χ0v) is 17.7. The van der Waals surface area contributed by atoms with Gasteiger partial charge in [-0.25, -0.2) is 8.42 Å². The van der Waals surface area contributed by atoms with Crippen molar-refractivity contribution in [2.45, 2.75) is 50.5 Å². The fraction of sp³-hybridized carbons (Fsp3) is 0.526. The second-order valence-electron chi connectivity index (χ2n) is 7.92. The van der Waals surface area contributed by atoms with Gasteiger partial charge in [0.2, 0.25) is 11.8 Å². The van der Waals surface area contributed by atoms with Crippen LogP contribution in [0.3, 0.4) is 0 Å². The molecule has 0 radical (unpaired) electrons. The molecule has 2 aromatic rings. The maximum Gasteiger partial charge on any atom is 0.242 e. The molecule has 158 valence electrons. The fourth-order valence-corrected chi connectivity index (χ4v) is 3.68.